The summed E-state index contributed by atoms with van der Waals surface area (Å²) in [6, 6.07) is 6.83. The Kier molecular flexibility index (Phi) is 10.7. The molecule has 0 radical (unpaired) electrons. The lowest BCUT2D eigenvalue weighted by Crippen LogP contribution is -2.68. The van der Waals surface area contributed by atoms with Crippen molar-refractivity contribution in [3.05, 3.63) is 46.9 Å². The van der Waals surface area contributed by atoms with Crippen LogP contribution >= 0.6 is 0 Å². The third-order valence-electron chi connectivity index (χ3n) is 18.7. The minimum atomic E-state index is -1.28. The summed E-state index contributed by atoms with van der Waals surface area (Å²) in [7, 11) is 0. The number of fused-ring (bicyclic) bond motifs is 7. The van der Waals surface area contributed by atoms with Crippen LogP contribution in [0.15, 0.2) is 39.8 Å². The van der Waals surface area contributed by atoms with E-state index in [9.17, 15) is 29.1 Å². The number of hydrogen-bond acceptors (Lipinski definition) is 9. The van der Waals surface area contributed by atoms with Gasteiger partial charge in [-0.3, -0.25) is 24.0 Å². The van der Waals surface area contributed by atoms with E-state index in [1.54, 1.807) is 45.0 Å². The average molecular weight is 867 g/mol. The molecule has 12 heteroatoms. The highest BCUT2D eigenvalue weighted by molar-refractivity contribution is 6.03. The van der Waals surface area contributed by atoms with Crippen molar-refractivity contribution in [2.45, 2.75) is 164 Å². The number of carbonyl (C=O) groups is 5. The number of nitrogens with one attached hydrogen (secondary N) is 2. The van der Waals surface area contributed by atoms with Crippen LogP contribution in [-0.2, 0) is 23.9 Å². The van der Waals surface area contributed by atoms with Crippen LogP contribution < -0.4 is 10.6 Å². The largest absolute Gasteiger partial charge is 0.481 e. The number of esters is 1. The molecule has 1 aromatic carbocycles. The third-order valence-corrected chi connectivity index (χ3v) is 18.7. The molecule has 0 aliphatic heterocycles. The van der Waals surface area contributed by atoms with Gasteiger partial charge in [0.15, 0.2) is 5.78 Å². The number of amides is 2. The molecule has 342 valence electrons. The molecule has 6 aliphatic rings. The molecule has 5 saturated carbocycles. The van der Waals surface area contributed by atoms with Crippen molar-refractivity contribution in [2.75, 3.05) is 0 Å². The Morgan fingerprint density at radius 2 is 1.52 bits per heavy atom. The number of rotatable bonds is 9. The molecule has 2 amide bonds. The van der Waals surface area contributed by atoms with Gasteiger partial charge in [-0.2, -0.15) is 0 Å². The minimum Gasteiger partial charge on any atom is -0.481 e. The number of nitrogens with zero attached hydrogens (tertiary/aromatic N) is 2. The fourth-order valence-corrected chi connectivity index (χ4v) is 14.9. The number of aliphatic carboxylic acids is 1. The van der Waals surface area contributed by atoms with Gasteiger partial charge in [0, 0.05) is 29.9 Å². The maximum absolute atomic E-state index is 14.5. The Labute approximate surface area is 372 Å². The Hall–Kier alpha value is -4.35. The van der Waals surface area contributed by atoms with E-state index < -0.39 is 34.3 Å². The number of aryl methyl sites for hydroxylation is 1. The summed E-state index contributed by atoms with van der Waals surface area (Å²) in [5.74, 6) is -0.962. The maximum Gasteiger partial charge on any atom is 0.309 e. The standard InChI is InChI=1S/C51H70N4O8/c1-27(2)38-34(56)26-51(53-44(61)47(8,9)52-40(57)29-13-15-30(16-14-29)41-55-54-28(3)62-41)24-23-49(11)31(39(38)51)17-18-36-48(10)21-20-37(46(6,7)35(48)19-22-50(36,49)12)63-43(60)33-25-32(42(58)59)45(33,4)5/h13-16,27,31-33,35-37H,17-26H2,1-12H3,(H,52,57)(H,53,61)(H,58,59)/t31-,32+,33-,35-,36+,37+,48-,49+,50+,51+/m1/s1. The highest BCUT2D eigenvalue weighted by atomic mass is 16.5. The number of carbonyl (C=O) groups excluding carboxylic acids is 4. The van der Waals surface area contributed by atoms with Gasteiger partial charge in [-0.15, -0.1) is 10.2 Å². The van der Waals surface area contributed by atoms with Gasteiger partial charge in [0.2, 0.25) is 17.7 Å². The Morgan fingerprint density at radius 1 is 0.841 bits per heavy atom. The maximum atomic E-state index is 14.5. The first-order chi connectivity index (χ1) is 29.2. The van der Waals surface area contributed by atoms with Crippen LogP contribution in [0.4, 0.5) is 0 Å². The van der Waals surface area contributed by atoms with Crippen molar-refractivity contribution in [3.8, 4) is 11.5 Å². The number of carboxylic acid groups (broad SMARTS) is 1. The first-order valence-electron chi connectivity index (χ1n) is 23.5. The normalized spacial score (nSPS) is 36.6. The van der Waals surface area contributed by atoms with Crippen LogP contribution in [0.25, 0.3) is 11.5 Å². The second-order valence-corrected chi connectivity index (χ2v) is 23.3. The SMILES string of the molecule is Cc1nnc(-c2ccc(C(=O)NC(C)(C)C(=O)N[C@]34CC[C@@]5(C)[C@H](CC[C@H]6[C@]7(C)CC[C@H](OC(=O)[C@H]8C[C@@H](C(=O)O)C8(C)C)C(C)(C)[C@H]7CC[C@@]65C)C3=C(C(C)C)C(=O)C4)cc2)o1. The van der Waals surface area contributed by atoms with E-state index in [-0.39, 0.29) is 69.6 Å². The van der Waals surface area contributed by atoms with Crippen LogP contribution in [0, 0.1) is 69.5 Å². The molecular weight excluding hydrogens is 797 g/mol. The molecule has 6 aliphatic carbocycles. The lowest BCUT2D eigenvalue weighted by atomic mass is 9.33. The van der Waals surface area contributed by atoms with Gasteiger partial charge in [0.05, 0.1) is 17.4 Å². The monoisotopic (exact) mass is 867 g/mol. The zero-order valence-corrected chi connectivity index (χ0v) is 39.6. The van der Waals surface area contributed by atoms with Gasteiger partial charge < -0.3 is 24.9 Å². The minimum absolute atomic E-state index is 0.00141. The lowest BCUT2D eigenvalue weighted by molar-refractivity contribution is -0.235. The second-order valence-electron chi connectivity index (χ2n) is 23.3. The number of Topliss-reactive ketones (excluding diaryl/α,β-unsaturated/α-hetero) is 1. The predicted octanol–water partition coefficient (Wildman–Crippen LogP) is 9.06. The molecule has 0 bridgehead atoms. The topological polar surface area (TPSA) is 178 Å². The molecule has 8 rings (SSSR count). The molecule has 1 aromatic heterocycles. The number of benzene rings is 1. The van der Waals surface area contributed by atoms with Crippen molar-refractivity contribution in [1.29, 1.82) is 0 Å². The lowest BCUT2D eigenvalue weighted by Gasteiger charge is -2.72. The molecule has 2 aromatic rings. The van der Waals surface area contributed by atoms with Gasteiger partial charge in [-0.05, 0) is 152 Å². The summed E-state index contributed by atoms with van der Waals surface area (Å²) in [5.41, 5.74) is -0.0789. The summed E-state index contributed by atoms with van der Waals surface area (Å²) < 4.78 is 12.0. The van der Waals surface area contributed by atoms with Gasteiger partial charge in [-0.25, -0.2) is 0 Å². The first-order valence-corrected chi connectivity index (χ1v) is 23.5. The van der Waals surface area contributed by atoms with Gasteiger partial charge in [0.1, 0.15) is 11.6 Å². The number of aromatic nitrogens is 2. The van der Waals surface area contributed by atoms with E-state index in [0.29, 0.717) is 47.6 Å². The third kappa shape index (κ3) is 6.75. The predicted molar refractivity (Wildman–Crippen MR) is 237 cm³/mol. The van der Waals surface area contributed by atoms with Crippen molar-refractivity contribution in [1.82, 2.24) is 20.8 Å². The molecule has 1 heterocycles. The Morgan fingerprint density at radius 3 is 2.13 bits per heavy atom. The van der Waals surface area contributed by atoms with E-state index >= 15 is 0 Å². The summed E-state index contributed by atoms with van der Waals surface area (Å²) in [6.07, 6.45) is 7.54. The zero-order valence-electron chi connectivity index (χ0n) is 39.6. The summed E-state index contributed by atoms with van der Waals surface area (Å²) >= 11 is 0. The molecule has 0 spiro atoms. The van der Waals surface area contributed by atoms with E-state index in [1.165, 1.54) is 0 Å². The van der Waals surface area contributed by atoms with E-state index in [2.05, 4.69) is 69.3 Å². The van der Waals surface area contributed by atoms with Crippen LogP contribution in [-0.4, -0.2) is 62.0 Å². The highest BCUT2D eigenvalue weighted by Crippen LogP contribution is 2.76. The second kappa shape index (κ2) is 14.8. The summed E-state index contributed by atoms with van der Waals surface area (Å²) in [6.45, 7) is 25.2. The number of carboxylic acids is 1. The number of ether oxygens (including phenoxy) is 1. The fourth-order valence-electron chi connectivity index (χ4n) is 14.9. The van der Waals surface area contributed by atoms with Gasteiger partial charge >= 0.3 is 11.9 Å². The smallest absolute Gasteiger partial charge is 0.309 e. The average Bonchev–Trinajstić information content (AvgIpc) is 3.75. The van der Waals surface area contributed by atoms with Crippen LogP contribution in [0.5, 0.6) is 0 Å². The molecule has 0 saturated heterocycles. The van der Waals surface area contributed by atoms with Crippen LogP contribution in [0.2, 0.25) is 0 Å². The number of ketones is 1. The summed E-state index contributed by atoms with van der Waals surface area (Å²) in [5, 5.41) is 24.1. The summed E-state index contributed by atoms with van der Waals surface area (Å²) in [4.78, 5) is 67.9. The molecule has 3 N–H and O–H groups in total. The van der Waals surface area contributed by atoms with Crippen molar-refractivity contribution in [2.24, 2.45) is 62.6 Å². The van der Waals surface area contributed by atoms with Gasteiger partial charge in [0.25, 0.3) is 5.91 Å². The quantitative estimate of drug-likeness (QED) is 0.206. The van der Waals surface area contributed by atoms with Gasteiger partial charge in [-0.1, -0.05) is 62.3 Å². The molecule has 5 fully saturated rings. The fraction of sp³-hybridized carbons (Fsp3) is 0.706. The highest BCUT2D eigenvalue weighted by Gasteiger charge is 2.71. The number of hydrogen-bond donors (Lipinski definition) is 3. The van der Waals surface area contributed by atoms with E-state index in [4.69, 9.17) is 9.15 Å². The van der Waals surface area contributed by atoms with Crippen molar-refractivity contribution in [3.63, 3.8) is 0 Å². The van der Waals surface area contributed by atoms with Crippen molar-refractivity contribution >= 4 is 29.5 Å². The van der Waals surface area contributed by atoms with Crippen LogP contribution in [0.1, 0.15) is 157 Å². The zero-order chi connectivity index (χ0) is 46.0. The molecule has 12 nitrogen and oxygen atoms in total. The molecule has 0 unspecified atom stereocenters. The van der Waals surface area contributed by atoms with Crippen molar-refractivity contribution < 1.29 is 38.2 Å². The molecular formula is C51H70N4O8. The van der Waals surface area contributed by atoms with E-state index in [1.807, 2.05) is 13.8 Å². The van der Waals surface area contributed by atoms with Crippen LogP contribution in [0.3, 0.4) is 0 Å². The molecule has 10 atom stereocenters. The first kappa shape index (κ1) is 45.2. The number of allylic oxidation sites excluding steroid dienone is 1. The van der Waals surface area contributed by atoms with E-state index in [0.717, 1.165) is 56.1 Å². The Balaban J connectivity index is 1.01. The molecule has 63 heavy (non-hydrogen) atoms. The Bertz CT molecular complexity index is 2270.